The number of nitrogens with zero attached hydrogens (tertiary/aromatic N) is 1. The first-order valence-electron chi connectivity index (χ1n) is 11.5. The van der Waals surface area contributed by atoms with Gasteiger partial charge in [0.2, 0.25) is 5.91 Å². The van der Waals surface area contributed by atoms with Gasteiger partial charge in [-0.25, -0.2) is 4.79 Å². The first-order chi connectivity index (χ1) is 13.0. The zero-order valence-corrected chi connectivity index (χ0v) is 18.3. The molecule has 4 nitrogen and oxygen atoms in total. The minimum Gasteiger partial charge on any atom is -0.480 e. The molecule has 0 aromatic rings. The molecule has 1 unspecified atom stereocenters. The van der Waals surface area contributed by atoms with Crippen LogP contribution in [-0.2, 0) is 9.59 Å². The van der Waals surface area contributed by atoms with Crippen molar-refractivity contribution in [1.29, 1.82) is 0 Å². The molecule has 0 heterocycles. The van der Waals surface area contributed by atoms with E-state index >= 15 is 0 Å². The molecule has 0 aliphatic rings. The van der Waals surface area contributed by atoms with Gasteiger partial charge in [-0.1, -0.05) is 104 Å². The number of carboxylic acids is 1. The van der Waals surface area contributed by atoms with Crippen LogP contribution in [0.1, 0.15) is 123 Å². The monoisotopic (exact) mass is 383 g/mol. The molecule has 27 heavy (non-hydrogen) atoms. The third-order valence-electron chi connectivity index (χ3n) is 5.53. The van der Waals surface area contributed by atoms with Crippen LogP contribution in [0.25, 0.3) is 0 Å². The molecule has 1 atom stereocenters. The Morgan fingerprint density at radius 2 is 1.07 bits per heavy atom. The average molecular weight is 384 g/mol. The molecule has 0 rings (SSSR count). The van der Waals surface area contributed by atoms with Crippen molar-refractivity contribution in [2.45, 2.75) is 129 Å². The second kappa shape index (κ2) is 18.3. The van der Waals surface area contributed by atoms with Gasteiger partial charge in [-0.2, -0.15) is 0 Å². The maximum absolute atomic E-state index is 12.0. The van der Waals surface area contributed by atoms with E-state index in [9.17, 15) is 9.59 Å². The van der Waals surface area contributed by atoms with Crippen molar-refractivity contribution in [1.82, 2.24) is 4.90 Å². The topological polar surface area (TPSA) is 57.6 Å². The Hall–Kier alpha value is -1.06. The van der Waals surface area contributed by atoms with E-state index in [-0.39, 0.29) is 5.91 Å². The largest absolute Gasteiger partial charge is 0.480 e. The van der Waals surface area contributed by atoms with Crippen molar-refractivity contribution < 1.29 is 14.7 Å². The molecule has 0 aromatic heterocycles. The molecular formula is C23H45NO3. The molecule has 0 radical (unpaired) electrons. The first-order valence-corrected chi connectivity index (χ1v) is 11.5. The fourth-order valence-electron chi connectivity index (χ4n) is 3.61. The fourth-order valence-corrected chi connectivity index (χ4v) is 3.61. The van der Waals surface area contributed by atoms with Crippen molar-refractivity contribution in [3.63, 3.8) is 0 Å². The molecule has 0 fully saturated rings. The normalized spacial score (nSPS) is 12.1. The predicted octanol–water partition coefficient (Wildman–Crippen LogP) is 6.57. The van der Waals surface area contributed by atoms with E-state index in [0.717, 1.165) is 12.8 Å². The molecule has 0 spiro atoms. The van der Waals surface area contributed by atoms with E-state index in [4.69, 9.17) is 5.11 Å². The quantitative estimate of drug-likeness (QED) is 0.257. The van der Waals surface area contributed by atoms with Gasteiger partial charge >= 0.3 is 5.97 Å². The van der Waals surface area contributed by atoms with Gasteiger partial charge in [0, 0.05) is 13.5 Å². The molecule has 1 N–H and O–H groups in total. The molecule has 0 aliphatic carbocycles. The Kier molecular flexibility index (Phi) is 17.6. The summed E-state index contributed by atoms with van der Waals surface area (Å²) in [6.45, 7) is 4.07. The molecule has 0 aliphatic heterocycles. The summed E-state index contributed by atoms with van der Waals surface area (Å²) in [5.41, 5.74) is 0. The van der Waals surface area contributed by atoms with Gasteiger partial charge in [0.1, 0.15) is 6.04 Å². The maximum Gasteiger partial charge on any atom is 0.326 e. The lowest BCUT2D eigenvalue weighted by molar-refractivity contribution is -0.149. The third kappa shape index (κ3) is 14.6. The minimum atomic E-state index is -0.912. The third-order valence-corrected chi connectivity index (χ3v) is 5.53. The zero-order chi connectivity index (χ0) is 20.3. The zero-order valence-electron chi connectivity index (χ0n) is 18.3. The summed E-state index contributed by atoms with van der Waals surface area (Å²) in [4.78, 5) is 24.5. The van der Waals surface area contributed by atoms with E-state index in [1.54, 1.807) is 14.0 Å². The van der Waals surface area contributed by atoms with E-state index in [1.165, 1.54) is 88.4 Å². The molecule has 0 bridgehead atoms. The molecule has 4 heteroatoms. The van der Waals surface area contributed by atoms with Crippen LogP contribution in [0.15, 0.2) is 0 Å². The summed E-state index contributed by atoms with van der Waals surface area (Å²) in [5, 5.41) is 9.10. The van der Waals surface area contributed by atoms with Crippen molar-refractivity contribution in [3.8, 4) is 0 Å². The Morgan fingerprint density at radius 3 is 1.41 bits per heavy atom. The van der Waals surface area contributed by atoms with Crippen LogP contribution < -0.4 is 0 Å². The summed E-state index contributed by atoms with van der Waals surface area (Å²) in [7, 11) is 1.61. The predicted molar refractivity (Wildman–Crippen MR) is 114 cm³/mol. The Bertz CT molecular complexity index is 371. The highest BCUT2D eigenvalue weighted by molar-refractivity contribution is 5.83. The van der Waals surface area contributed by atoms with Crippen LogP contribution in [-0.4, -0.2) is 35.0 Å². The standard InChI is InChI=1S/C23H45NO3/c1-4-6-7-8-9-10-11-12-13-14-15-16-17-18-19-20-22(25)24(3)21(5-2)23(26)27/h21H,4-20H2,1-3H3,(H,26,27). The average Bonchev–Trinajstić information content (AvgIpc) is 2.64. The van der Waals surface area contributed by atoms with Crippen LogP contribution in [0, 0.1) is 0 Å². The van der Waals surface area contributed by atoms with E-state index in [1.807, 2.05) is 0 Å². The molecule has 1 amide bonds. The number of hydrogen-bond donors (Lipinski definition) is 1. The van der Waals surface area contributed by atoms with Crippen molar-refractivity contribution in [2.75, 3.05) is 7.05 Å². The van der Waals surface area contributed by atoms with Gasteiger partial charge in [-0.3, -0.25) is 4.79 Å². The second-order valence-corrected chi connectivity index (χ2v) is 7.97. The summed E-state index contributed by atoms with van der Waals surface area (Å²) < 4.78 is 0. The number of aliphatic carboxylic acids is 1. The number of carbonyl (C=O) groups is 2. The number of carboxylic acid groups (broad SMARTS) is 1. The number of unbranched alkanes of at least 4 members (excludes halogenated alkanes) is 14. The van der Waals surface area contributed by atoms with Gasteiger partial charge in [0.15, 0.2) is 0 Å². The Balaban J connectivity index is 3.40. The molecule has 160 valence electrons. The molecule has 0 saturated heterocycles. The summed E-state index contributed by atoms with van der Waals surface area (Å²) in [5.74, 6) is -0.955. The second-order valence-electron chi connectivity index (χ2n) is 7.97. The highest BCUT2D eigenvalue weighted by atomic mass is 16.4. The molecular weight excluding hydrogens is 338 g/mol. The summed E-state index contributed by atoms with van der Waals surface area (Å²) in [6.07, 6.45) is 20.5. The minimum absolute atomic E-state index is 0.0426. The van der Waals surface area contributed by atoms with Crippen LogP contribution in [0.2, 0.25) is 0 Å². The summed E-state index contributed by atoms with van der Waals surface area (Å²) >= 11 is 0. The lowest BCUT2D eigenvalue weighted by Crippen LogP contribution is -2.41. The maximum atomic E-state index is 12.0. The summed E-state index contributed by atoms with van der Waals surface area (Å²) in [6, 6.07) is -0.686. The Labute approximate surface area is 168 Å². The van der Waals surface area contributed by atoms with Crippen LogP contribution in [0.3, 0.4) is 0 Å². The molecule has 0 aromatic carbocycles. The highest BCUT2D eigenvalue weighted by Gasteiger charge is 2.23. The number of hydrogen-bond acceptors (Lipinski definition) is 2. The van der Waals surface area contributed by atoms with Crippen molar-refractivity contribution in [3.05, 3.63) is 0 Å². The van der Waals surface area contributed by atoms with Gasteiger partial charge in [-0.05, 0) is 12.8 Å². The van der Waals surface area contributed by atoms with Gasteiger partial charge in [0.25, 0.3) is 0 Å². The van der Waals surface area contributed by atoms with Crippen LogP contribution in [0.5, 0.6) is 0 Å². The van der Waals surface area contributed by atoms with Crippen LogP contribution >= 0.6 is 0 Å². The van der Waals surface area contributed by atoms with Crippen molar-refractivity contribution >= 4 is 11.9 Å². The smallest absolute Gasteiger partial charge is 0.326 e. The fraction of sp³-hybridized carbons (Fsp3) is 0.913. The Morgan fingerprint density at radius 1 is 0.704 bits per heavy atom. The lowest BCUT2D eigenvalue weighted by atomic mass is 10.0. The van der Waals surface area contributed by atoms with E-state index in [0.29, 0.717) is 12.8 Å². The van der Waals surface area contributed by atoms with Gasteiger partial charge in [0.05, 0.1) is 0 Å². The van der Waals surface area contributed by atoms with E-state index in [2.05, 4.69) is 6.92 Å². The highest BCUT2D eigenvalue weighted by Crippen LogP contribution is 2.14. The lowest BCUT2D eigenvalue weighted by Gasteiger charge is -2.23. The molecule has 0 saturated carbocycles. The van der Waals surface area contributed by atoms with Crippen molar-refractivity contribution in [2.24, 2.45) is 0 Å². The first kappa shape index (κ1) is 25.9. The number of likely N-dealkylation sites (N-methyl/N-ethyl adjacent to an activating group) is 1. The van der Waals surface area contributed by atoms with E-state index < -0.39 is 12.0 Å². The SMILES string of the molecule is CCCCCCCCCCCCCCCCCC(=O)N(C)C(CC)C(=O)O. The van der Waals surface area contributed by atoms with Gasteiger partial charge < -0.3 is 10.0 Å². The number of amides is 1. The number of carbonyl (C=O) groups excluding carboxylic acids is 1. The van der Waals surface area contributed by atoms with Crippen LogP contribution in [0.4, 0.5) is 0 Å². The number of rotatable bonds is 19. The van der Waals surface area contributed by atoms with Gasteiger partial charge in [-0.15, -0.1) is 0 Å².